The van der Waals surface area contributed by atoms with E-state index in [1.54, 1.807) is 6.07 Å². The standard InChI is InChI=1S/C17H24FN3O2/c1-23-16-6-5-12(11-14(16)18)20-7-9-21(10-8-20)17(22)13-3-2-4-15(13)19/h5-6,11,13,15H,2-4,7-10,19H2,1H3. The van der Waals surface area contributed by atoms with Gasteiger partial charge in [0, 0.05) is 44.0 Å². The highest BCUT2D eigenvalue weighted by Gasteiger charge is 2.34. The van der Waals surface area contributed by atoms with Crippen LogP contribution in [0.1, 0.15) is 19.3 Å². The molecule has 1 aromatic rings. The van der Waals surface area contributed by atoms with E-state index in [2.05, 4.69) is 4.90 Å². The number of anilines is 1. The summed E-state index contributed by atoms with van der Waals surface area (Å²) in [5.41, 5.74) is 6.86. The van der Waals surface area contributed by atoms with Gasteiger partial charge in [-0.3, -0.25) is 4.79 Å². The van der Waals surface area contributed by atoms with Gasteiger partial charge in [0.1, 0.15) is 0 Å². The number of hydrogen-bond acceptors (Lipinski definition) is 4. The molecule has 1 saturated heterocycles. The Kier molecular flexibility index (Phi) is 4.71. The Morgan fingerprint density at radius 1 is 1.26 bits per heavy atom. The predicted molar refractivity (Wildman–Crippen MR) is 87.1 cm³/mol. The second kappa shape index (κ2) is 6.74. The van der Waals surface area contributed by atoms with Gasteiger partial charge in [-0.05, 0) is 25.0 Å². The average molecular weight is 321 g/mol. The molecular formula is C17H24FN3O2. The van der Waals surface area contributed by atoms with Crippen molar-refractivity contribution in [3.05, 3.63) is 24.0 Å². The summed E-state index contributed by atoms with van der Waals surface area (Å²) < 4.78 is 18.8. The van der Waals surface area contributed by atoms with Crippen LogP contribution in [0.4, 0.5) is 10.1 Å². The molecule has 126 valence electrons. The molecule has 2 atom stereocenters. The monoisotopic (exact) mass is 321 g/mol. The number of halogens is 1. The van der Waals surface area contributed by atoms with Gasteiger partial charge >= 0.3 is 0 Å². The molecule has 2 N–H and O–H groups in total. The smallest absolute Gasteiger partial charge is 0.227 e. The second-order valence-corrected chi connectivity index (χ2v) is 6.33. The highest BCUT2D eigenvalue weighted by Crippen LogP contribution is 2.28. The molecule has 2 aliphatic rings. The molecule has 5 nitrogen and oxygen atoms in total. The van der Waals surface area contributed by atoms with Crippen LogP contribution in [0.3, 0.4) is 0 Å². The number of benzene rings is 1. The quantitative estimate of drug-likeness (QED) is 0.919. The fraction of sp³-hybridized carbons (Fsp3) is 0.588. The van der Waals surface area contributed by atoms with E-state index in [0.29, 0.717) is 26.2 Å². The van der Waals surface area contributed by atoms with Crippen molar-refractivity contribution in [2.45, 2.75) is 25.3 Å². The number of nitrogens with two attached hydrogens (primary N) is 1. The van der Waals surface area contributed by atoms with Crippen LogP contribution in [0.5, 0.6) is 5.75 Å². The van der Waals surface area contributed by atoms with E-state index in [-0.39, 0.29) is 29.4 Å². The number of carbonyl (C=O) groups excluding carboxylic acids is 1. The van der Waals surface area contributed by atoms with Gasteiger partial charge in [0.2, 0.25) is 5.91 Å². The highest BCUT2D eigenvalue weighted by molar-refractivity contribution is 5.80. The van der Waals surface area contributed by atoms with Crippen molar-refractivity contribution >= 4 is 11.6 Å². The highest BCUT2D eigenvalue weighted by atomic mass is 19.1. The van der Waals surface area contributed by atoms with Crippen LogP contribution in [0, 0.1) is 11.7 Å². The lowest BCUT2D eigenvalue weighted by atomic mass is 10.0. The molecule has 23 heavy (non-hydrogen) atoms. The van der Waals surface area contributed by atoms with Gasteiger partial charge < -0.3 is 20.3 Å². The zero-order valence-corrected chi connectivity index (χ0v) is 13.5. The van der Waals surface area contributed by atoms with Crippen molar-refractivity contribution in [2.75, 3.05) is 38.2 Å². The van der Waals surface area contributed by atoms with Gasteiger partial charge in [-0.1, -0.05) is 6.42 Å². The summed E-state index contributed by atoms with van der Waals surface area (Å²) in [5, 5.41) is 0. The second-order valence-electron chi connectivity index (χ2n) is 6.33. The summed E-state index contributed by atoms with van der Waals surface area (Å²) in [6.45, 7) is 2.74. The number of piperazine rings is 1. The van der Waals surface area contributed by atoms with Crippen molar-refractivity contribution in [2.24, 2.45) is 11.7 Å². The number of rotatable bonds is 3. The lowest BCUT2D eigenvalue weighted by Crippen LogP contribution is -2.52. The Labute approximate surface area is 136 Å². The first-order valence-electron chi connectivity index (χ1n) is 8.23. The molecule has 0 bridgehead atoms. The van der Waals surface area contributed by atoms with Gasteiger partial charge in [-0.2, -0.15) is 0 Å². The minimum Gasteiger partial charge on any atom is -0.494 e. The van der Waals surface area contributed by atoms with E-state index in [1.807, 2.05) is 11.0 Å². The first-order chi connectivity index (χ1) is 11.1. The summed E-state index contributed by atoms with van der Waals surface area (Å²) in [5.74, 6) is 0.0637. The molecule has 1 saturated carbocycles. The van der Waals surface area contributed by atoms with E-state index >= 15 is 0 Å². The predicted octanol–water partition coefficient (Wildman–Crippen LogP) is 1.61. The summed E-state index contributed by atoms with van der Waals surface area (Å²) in [4.78, 5) is 16.5. The minimum atomic E-state index is -0.361. The molecule has 0 spiro atoms. The Balaban J connectivity index is 1.60. The Morgan fingerprint density at radius 2 is 2.00 bits per heavy atom. The Morgan fingerprint density at radius 3 is 2.57 bits per heavy atom. The van der Waals surface area contributed by atoms with Gasteiger partial charge in [0.25, 0.3) is 0 Å². The minimum absolute atomic E-state index is 0.0104. The Bertz CT molecular complexity index is 573. The topological polar surface area (TPSA) is 58.8 Å². The number of ether oxygens (including phenoxy) is 1. The molecule has 2 unspecified atom stereocenters. The lowest BCUT2D eigenvalue weighted by molar-refractivity contribution is -0.136. The lowest BCUT2D eigenvalue weighted by Gasteiger charge is -2.37. The molecule has 0 radical (unpaired) electrons. The van der Waals surface area contributed by atoms with Gasteiger partial charge in [0.15, 0.2) is 11.6 Å². The normalized spacial score (nSPS) is 24.8. The molecule has 0 aromatic heterocycles. The van der Waals surface area contributed by atoms with Crippen LogP contribution in [0.2, 0.25) is 0 Å². The van der Waals surface area contributed by atoms with Crippen LogP contribution < -0.4 is 15.4 Å². The summed E-state index contributed by atoms with van der Waals surface area (Å²) in [6, 6.07) is 4.99. The van der Waals surface area contributed by atoms with Gasteiger partial charge in [-0.15, -0.1) is 0 Å². The molecule has 1 aliphatic heterocycles. The van der Waals surface area contributed by atoms with Crippen molar-refractivity contribution in [3.63, 3.8) is 0 Å². The summed E-state index contributed by atoms with van der Waals surface area (Å²) in [6.07, 6.45) is 2.90. The molecular weight excluding hydrogens is 297 g/mol. The molecule has 1 aliphatic carbocycles. The van der Waals surface area contributed by atoms with E-state index in [1.165, 1.54) is 13.2 Å². The van der Waals surface area contributed by atoms with Crippen molar-refractivity contribution < 1.29 is 13.9 Å². The first kappa shape index (κ1) is 16.1. The van der Waals surface area contributed by atoms with Crippen molar-refractivity contribution in [1.29, 1.82) is 0 Å². The van der Waals surface area contributed by atoms with Crippen molar-refractivity contribution in [1.82, 2.24) is 4.90 Å². The third-order valence-electron chi connectivity index (χ3n) is 4.98. The molecule has 1 aromatic carbocycles. The van der Waals surface area contributed by atoms with E-state index in [9.17, 15) is 9.18 Å². The van der Waals surface area contributed by atoms with E-state index < -0.39 is 0 Å². The third-order valence-corrected chi connectivity index (χ3v) is 4.98. The molecule has 1 heterocycles. The van der Waals surface area contributed by atoms with Crippen LogP contribution >= 0.6 is 0 Å². The van der Waals surface area contributed by atoms with Crippen molar-refractivity contribution in [3.8, 4) is 5.75 Å². The van der Waals surface area contributed by atoms with Crippen LogP contribution in [-0.2, 0) is 4.79 Å². The zero-order valence-electron chi connectivity index (χ0n) is 13.5. The zero-order chi connectivity index (χ0) is 16.4. The summed E-state index contributed by atoms with van der Waals surface area (Å²) >= 11 is 0. The van der Waals surface area contributed by atoms with Crippen LogP contribution in [0.15, 0.2) is 18.2 Å². The maximum Gasteiger partial charge on any atom is 0.227 e. The number of methoxy groups -OCH3 is 1. The SMILES string of the molecule is COc1ccc(N2CCN(C(=O)C3CCCC3N)CC2)cc1F. The maximum absolute atomic E-state index is 13.8. The van der Waals surface area contributed by atoms with Gasteiger partial charge in [0.05, 0.1) is 13.0 Å². The average Bonchev–Trinajstić information content (AvgIpc) is 3.00. The van der Waals surface area contributed by atoms with E-state index in [4.69, 9.17) is 10.5 Å². The van der Waals surface area contributed by atoms with Gasteiger partial charge in [-0.25, -0.2) is 4.39 Å². The number of carbonyl (C=O) groups is 1. The number of amides is 1. The molecule has 3 rings (SSSR count). The maximum atomic E-state index is 13.8. The fourth-order valence-corrected chi connectivity index (χ4v) is 3.57. The molecule has 2 fully saturated rings. The molecule has 6 heteroatoms. The van der Waals surface area contributed by atoms with Crippen LogP contribution in [-0.4, -0.2) is 50.1 Å². The third kappa shape index (κ3) is 3.27. The number of nitrogens with zero attached hydrogens (tertiary/aromatic N) is 2. The van der Waals surface area contributed by atoms with Crippen LogP contribution in [0.25, 0.3) is 0 Å². The first-order valence-corrected chi connectivity index (χ1v) is 8.23. The Hall–Kier alpha value is -1.82. The number of hydrogen-bond donors (Lipinski definition) is 1. The van der Waals surface area contributed by atoms with E-state index in [0.717, 1.165) is 24.9 Å². The largest absolute Gasteiger partial charge is 0.494 e. The molecule has 1 amide bonds. The fourth-order valence-electron chi connectivity index (χ4n) is 3.57. The summed E-state index contributed by atoms with van der Waals surface area (Å²) in [7, 11) is 1.45.